The van der Waals surface area contributed by atoms with Crippen LogP contribution >= 0.6 is 11.8 Å². The van der Waals surface area contributed by atoms with Gasteiger partial charge in [-0.05, 0) is 88.1 Å². The summed E-state index contributed by atoms with van der Waals surface area (Å²) in [6.07, 6.45) is 6.02. The lowest BCUT2D eigenvalue weighted by Gasteiger charge is -2.16. The molecule has 2 aromatic carbocycles. The third-order valence-electron chi connectivity index (χ3n) is 5.60. The zero-order valence-corrected chi connectivity index (χ0v) is 25.8. The first-order valence-electron chi connectivity index (χ1n) is 13.7. The molecule has 0 aromatic heterocycles. The van der Waals surface area contributed by atoms with Crippen molar-refractivity contribution in [3.05, 3.63) is 70.8 Å². The number of esters is 2. The standard InChI is InChI=1S/C32H42O8S/c1-7-9-29(33)37-15-11-35-13-17-39-31-23(3)19-27(20-24(31)4)41-28-21-25(5)32(26(6)22-28)40-18-14-36-12-16-38-30(34)10-8-2/h7-10,19-22H,11-18H2,1-6H3. The number of allylic oxidation sites excluding steroid dienone is 2. The fourth-order valence-corrected chi connectivity index (χ4v) is 5.13. The zero-order chi connectivity index (χ0) is 30.0. The molecule has 0 saturated carbocycles. The van der Waals surface area contributed by atoms with Crippen LogP contribution in [0, 0.1) is 27.7 Å². The summed E-state index contributed by atoms with van der Waals surface area (Å²) >= 11 is 1.69. The molecule has 0 saturated heterocycles. The maximum absolute atomic E-state index is 11.3. The Morgan fingerprint density at radius 1 is 0.585 bits per heavy atom. The SMILES string of the molecule is CC=CC(=O)OCCOCCOc1c(C)cc(Sc2cc(C)c(OCCOCCOC(=O)C=CC)c(C)c2)cc1C. The van der Waals surface area contributed by atoms with E-state index in [2.05, 4.69) is 24.3 Å². The smallest absolute Gasteiger partial charge is 0.330 e. The van der Waals surface area contributed by atoms with Gasteiger partial charge in [0.1, 0.15) is 37.9 Å². The third-order valence-corrected chi connectivity index (χ3v) is 6.54. The van der Waals surface area contributed by atoms with Crippen LogP contribution in [0.5, 0.6) is 11.5 Å². The normalized spacial score (nSPS) is 11.3. The van der Waals surface area contributed by atoms with Gasteiger partial charge < -0.3 is 28.4 Å². The molecule has 2 aromatic rings. The minimum absolute atomic E-state index is 0.213. The summed E-state index contributed by atoms with van der Waals surface area (Å²) in [5.74, 6) is 0.969. The van der Waals surface area contributed by atoms with E-state index >= 15 is 0 Å². The molecule has 0 aliphatic rings. The lowest BCUT2D eigenvalue weighted by atomic mass is 10.1. The van der Waals surface area contributed by atoms with Crippen LogP contribution in [0.2, 0.25) is 0 Å². The van der Waals surface area contributed by atoms with Crippen LogP contribution in [0.15, 0.2) is 58.4 Å². The van der Waals surface area contributed by atoms with Crippen molar-refractivity contribution in [2.24, 2.45) is 0 Å². The van der Waals surface area contributed by atoms with E-state index in [9.17, 15) is 9.59 Å². The van der Waals surface area contributed by atoms with E-state index in [4.69, 9.17) is 28.4 Å². The number of rotatable bonds is 18. The molecular weight excluding hydrogens is 544 g/mol. The Hall–Kier alpha value is -3.27. The maximum atomic E-state index is 11.3. The van der Waals surface area contributed by atoms with Crippen molar-refractivity contribution in [1.29, 1.82) is 0 Å². The molecule has 0 bridgehead atoms. The molecule has 0 spiro atoms. The van der Waals surface area contributed by atoms with E-state index in [-0.39, 0.29) is 25.2 Å². The highest BCUT2D eigenvalue weighted by molar-refractivity contribution is 7.99. The molecule has 0 amide bonds. The Morgan fingerprint density at radius 3 is 1.27 bits per heavy atom. The topological polar surface area (TPSA) is 89.5 Å². The average Bonchev–Trinajstić information content (AvgIpc) is 2.90. The quantitative estimate of drug-likeness (QED) is 0.117. The Morgan fingerprint density at radius 2 is 0.927 bits per heavy atom. The molecular formula is C32H42O8S. The lowest BCUT2D eigenvalue weighted by Crippen LogP contribution is -2.13. The van der Waals surface area contributed by atoms with Crippen LogP contribution in [0.1, 0.15) is 36.1 Å². The third kappa shape index (κ3) is 12.8. The van der Waals surface area contributed by atoms with Gasteiger partial charge in [0.05, 0.1) is 26.4 Å². The van der Waals surface area contributed by atoms with Gasteiger partial charge in [0.2, 0.25) is 0 Å². The van der Waals surface area contributed by atoms with Gasteiger partial charge in [-0.3, -0.25) is 0 Å². The highest BCUT2D eigenvalue weighted by Crippen LogP contribution is 2.36. The number of hydrogen-bond donors (Lipinski definition) is 0. The van der Waals surface area contributed by atoms with Gasteiger partial charge in [0.25, 0.3) is 0 Å². The van der Waals surface area contributed by atoms with E-state index in [0.29, 0.717) is 39.6 Å². The molecule has 0 radical (unpaired) electrons. The molecule has 0 aliphatic heterocycles. The summed E-state index contributed by atoms with van der Waals surface area (Å²) in [4.78, 5) is 24.8. The summed E-state index contributed by atoms with van der Waals surface area (Å²) in [5, 5.41) is 0. The molecule has 0 heterocycles. The molecule has 2 rings (SSSR count). The van der Waals surface area contributed by atoms with E-state index in [1.807, 2.05) is 27.7 Å². The molecule has 41 heavy (non-hydrogen) atoms. The van der Waals surface area contributed by atoms with Gasteiger partial charge in [-0.15, -0.1) is 0 Å². The van der Waals surface area contributed by atoms with E-state index < -0.39 is 0 Å². The first-order chi connectivity index (χ1) is 19.7. The van der Waals surface area contributed by atoms with E-state index in [1.54, 1.807) is 37.8 Å². The monoisotopic (exact) mass is 586 g/mol. The largest absolute Gasteiger partial charge is 0.491 e. The van der Waals surface area contributed by atoms with Gasteiger partial charge in [-0.2, -0.15) is 0 Å². The van der Waals surface area contributed by atoms with Crippen molar-refractivity contribution in [3.63, 3.8) is 0 Å². The van der Waals surface area contributed by atoms with Gasteiger partial charge in [0, 0.05) is 21.9 Å². The van der Waals surface area contributed by atoms with Gasteiger partial charge in [-0.1, -0.05) is 23.9 Å². The minimum Gasteiger partial charge on any atom is -0.491 e. The van der Waals surface area contributed by atoms with Crippen LogP contribution in [0.25, 0.3) is 0 Å². The van der Waals surface area contributed by atoms with Crippen LogP contribution in [-0.4, -0.2) is 64.8 Å². The lowest BCUT2D eigenvalue weighted by molar-refractivity contribution is -0.140. The highest BCUT2D eigenvalue weighted by atomic mass is 32.2. The van der Waals surface area contributed by atoms with Gasteiger partial charge >= 0.3 is 11.9 Å². The Labute approximate surface area is 248 Å². The zero-order valence-electron chi connectivity index (χ0n) is 24.9. The molecule has 0 unspecified atom stereocenters. The molecule has 0 fully saturated rings. The summed E-state index contributed by atoms with van der Waals surface area (Å²) < 4.78 is 32.9. The molecule has 9 heteroatoms. The highest BCUT2D eigenvalue weighted by Gasteiger charge is 2.11. The average molecular weight is 587 g/mol. The van der Waals surface area contributed by atoms with Crippen LogP contribution in [-0.2, 0) is 28.5 Å². The predicted molar refractivity (Wildman–Crippen MR) is 160 cm³/mol. The molecule has 8 nitrogen and oxygen atoms in total. The Balaban J connectivity index is 1.80. The van der Waals surface area contributed by atoms with Crippen molar-refractivity contribution in [2.75, 3.05) is 52.9 Å². The van der Waals surface area contributed by atoms with Crippen LogP contribution in [0.3, 0.4) is 0 Å². The molecule has 0 atom stereocenters. The summed E-state index contributed by atoms with van der Waals surface area (Å²) in [7, 11) is 0. The molecule has 224 valence electrons. The van der Waals surface area contributed by atoms with Crippen molar-refractivity contribution in [2.45, 2.75) is 51.3 Å². The number of benzene rings is 2. The minimum atomic E-state index is -0.369. The number of carbonyl (C=O) groups excluding carboxylic acids is 2. The Bertz CT molecular complexity index is 1050. The molecule has 0 aliphatic carbocycles. The van der Waals surface area contributed by atoms with Crippen LogP contribution < -0.4 is 9.47 Å². The predicted octanol–water partition coefficient (Wildman–Crippen LogP) is 6.10. The van der Waals surface area contributed by atoms with Gasteiger partial charge in [-0.25, -0.2) is 9.59 Å². The fraction of sp³-hybridized carbons (Fsp3) is 0.438. The van der Waals surface area contributed by atoms with Crippen LogP contribution in [0.4, 0.5) is 0 Å². The van der Waals surface area contributed by atoms with Crippen molar-refractivity contribution in [3.8, 4) is 11.5 Å². The summed E-state index contributed by atoms with van der Waals surface area (Å²) in [6.45, 7) is 14.4. The number of aryl methyl sites for hydroxylation is 4. The maximum Gasteiger partial charge on any atom is 0.330 e. The van der Waals surface area contributed by atoms with E-state index in [0.717, 1.165) is 43.5 Å². The summed E-state index contributed by atoms with van der Waals surface area (Å²) in [6, 6.07) is 8.49. The van der Waals surface area contributed by atoms with Crippen molar-refractivity contribution < 1.29 is 38.0 Å². The second-order valence-electron chi connectivity index (χ2n) is 9.13. The first kappa shape index (κ1) is 33.9. The fourth-order valence-electron chi connectivity index (χ4n) is 3.91. The van der Waals surface area contributed by atoms with Crippen molar-refractivity contribution in [1.82, 2.24) is 0 Å². The number of ether oxygens (including phenoxy) is 6. The Kier molecular flexibility index (Phi) is 15.7. The molecule has 0 N–H and O–H groups in total. The van der Waals surface area contributed by atoms with Crippen molar-refractivity contribution >= 4 is 23.7 Å². The summed E-state index contributed by atoms with van der Waals surface area (Å²) in [5.41, 5.74) is 4.21. The number of hydrogen-bond acceptors (Lipinski definition) is 9. The number of carbonyl (C=O) groups is 2. The van der Waals surface area contributed by atoms with E-state index in [1.165, 1.54) is 12.2 Å². The second-order valence-corrected chi connectivity index (χ2v) is 10.3. The van der Waals surface area contributed by atoms with Gasteiger partial charge in [0.15, 0.2) is 0 Å². The second kappa shape index (κ2) is 19.0. The first-order valence-corrected chi connectivity index (χ1v) is 14.5.